The van der Waals surface area contributed by atoms with Crippen LogP contribution in [0.3, 0.4) is 0 Å². The maximum Gasteiger partial charge on any atom is 0.142 e. The van der Waals surface area contributed by atoms with Crippen molar-refractivity contribution in [2.45, 2.75) is 19.4 Å². The number of H-pyrrole nitrogens is 1. The monoisotopic (exact) mass is 216 g/mol. The molecule has 2 aromatic rings. The van der Waals surface area contributed by atoms with E-state index in [-0.39, 0.29) is 0 Å². The van der Waals surface area contributed by atoms with E-state index in [0.29, 0.717) is 5.92 Å². The third-order valence-corrected chi connectivity index (χ3v) is 3.38. The first kappa shape index (κ1) is 9.73. The van der Waals surface area contributed by atoms with Crippen LogP contribution in [-0.4, -0.2) is 18.6 Å². The molecule has 0 bridgehead atoms. The minimum atomic E-state index is 0.560. The van der Waals surface area contributed by atoms with Crippen LogP contribution in [0.2, 0.25) is 0 Å². The third kappa shape index (κ3) is 1.25. The van der Waals surface area contributed by atoms with Gasteiger partial charge in [0.25, 0.3) is 0 Å². The number of aromatic amines is 1. The van der Waals surface area contributed by atoms with Gasteiger partial charge < -0.3 is 15.0 Å². The number of ether oxygens (including phenoxy) is 1. The van der Waals surface area contributed by atoms with Gasteiger partial charge in [-0.1, -0.05) is 19.1 Å². The van der Waals surface area contributed by atoms with Crippen molar-refractivity contribution < 1.29 is 4.74 Å². The highest BCUT2D eigenvalue weighted by molar-refractivity contribution is 5.90. The Morgan fingerprint density at radius 2 is 2.25 bits per heavy atom. The molecule has 0 amide bonds. The van der Waals surface area contributed by atoms with Crippen molar-refractivity contribution in [3.05, 3.63) is 29.5 Å². The van der Waals surface area contributed by atoms with Gasteiger partial charge in [0.2, 0.25) is 0 Å². The van der Waals surface area contributed by atoms with E-state index in [9.17, 15) is 0 Å². The van der Waals surface area contributed by atoms with E-state index >= 15 is 0 Å². The van der Waals surface area contributed by atoms with Gasteiger partial charge in [0.05, 0.1) is 12.6 Å². The minimum Gasteiger partial charge on any atom is -0.495 e. The van der Waals surface area contributed by atoms with Gasteiger partial charge in [0.1, 0.15) is 5.75 Å². The van der Waals surface area contributed by atoms with Gasteiger partial charge in [-0.25, -0.2) is 0 Å². The number of hydrogen-bond donors (Lipinski definition) is 2. The SMILES string of the molecule is COc1cccc2c3c([nH]c12)CNCC3C. The summed E-state index contributed by atoms with van der Waals surface area (Å²) in [6, 6.07) is 6.24. The minimum absolute atomic E-state index is 0.560. The summed E-state index contributed by atoms with van der Waals surface area (Å²) in [5, 5.41) is 4.73. The third-order valence-electron chi connectivity index (χ3n) is 3.38. The van der Waals surface area contributed by atoms with Crippen molar-refractivity contribution in [1.82, 2.24) is 10.3 Å². The van der Waals surface area contributed by atoms with Gasteiger partial charge in [0.15, 0.2) is 0 Å². The average Bonchev–Trinajstić information content (AvgIpc) is 2.68. The van der Waals surface area contributed by atoms with Crippen molar-refractivity contribution >= 4 is 10.9 Å². The Morgan fingerprint density at radius 1 is 1.38 bits per heavy atom. The van der Waals surface area contributed by atoms with Crippen LogP contribution in [0.5, 0.6) is 5.75 Å². The molecule has 0 saturated heterocycles. The fourth-order valence-electron chi connectivity index (χ4n) is 2.65. The summed E-state index contributed by atoms with van der Waals surface area (Å²) >= 11 is 0. The van der Waals surface area contributed by atoms with Gasteiger partial charge in [-0.2, -0.15) is 0 Å². The lowest BCUT2D eigenvalue weighted by atomic mass is 9.95. The number of aromatic nitrogens is 1. The number of rotatable bonds is 1. The zero-order valence-electron chi connectivity index (χ0n) is 9.63. The summed E-state index contributed by atoms with van der Waals surface area (Å²) in [6.45, 7) is 4.24. The first-order valence-corrected chi connectivity index (χ1v) is 5.69. The summed E-state index contributed by atoms with van der Waals surface area (Å²) in [5.74, 6) is 1.49. The molecule has 0 fully saturated rings. The highest BCUT2D eigenvalue weighted by Crippen LogP contribution is 2.35. The number of methoxy groups -OCH3 is 1. The molecule has 2 heterocycles. The van der Waals surface area contributed by atoms with Crippen LogP contribution in [0.4, 0.5) is 0 Å². The van der Waals surface area contributed by atoms with E-state index in [4.69, 9.17) is 4.74 Å². The van der Waals surface area contributed by atoms with E-state index in [1.54, 1.807) is 7.11 Å². The van der Waals surface area contributed by atoms with Crippen LogP contribution in [-0.2, 0) is 6.54 Å². The fraction of sp³-hybridized carbons (Fsp3) is 0.385. The van der Waals surface area contributed by atoms with Crippen molar-refractivity contribution in [2.24, 2.45) is 0 Å². The number of para-hydroxylation sites is 1. The van der Waals surface area contributed by atoms with E-state index in [1.165, 1.54) is 16.6 Å². The van der Waals surface area contributed by atoms with Crippen molar-refractivity contribution in [1.29, 1.82) is 0 Å². The molecular formula is C13H16N2O. The fourth-order valence-corrected chi connectivity index (χ4v) is 2.65. The Balaban J connectivity index is 2.32. The summed E-state index contributed by atoms with van der Waals surface area (Å²) in [5.41, 5.74) is 3.89. The normalized spacial score (nSPS) is 19.8. The Morgan fingerprint density at radius 3 is 3.06 bits per heavy atom. The molecule has 16 heavy (non-hydrogen) atoms. The average molecular weight is 216 g/mol. The quantitative estimate of drug-likeness (QED) is 0.768. The van der Waals surface area contributed by atoms with Crippen LogP contribution >= 0.6 is 0 Å². The standard InChI is InChI=1S/C13H16N2O/c1-8-6-14-7-10-12(8)9-4-3-5-11(16-2)13(9)15-10/h3-5,8,14-15H,6-7H2,1-2H3. The predicted molar refractivity (Wildman–Crippen MR) is 65.0 cm³/mol. The first-order valence-electron chi connectivity index (χ1n) is 5.69. The van der Waals surface area contributed by atoms with Crippen molar-refractivity contribution in [3.8, 4) is 5.75 Å². The summed E-state index contributed by atoms with van der Waals surface area (Å²) in [7, 11) is 1.72. The van der Waals surface area contributed by atoms with Crippen LogP contribution < -0.4 is 10.1 Å². The summed E-state index contributed by atoms with van der Waals surface area (Å²) in [4.78, 5) is 3.48. The van der Waals surface area contributed by atoms with Crippen molar-refractivity contribution in [2.75, 3.05) is 13.7 Å². The Kier molecular flexibility index (Phi) is 2.14. The molecule has 3 heteroatoms. The zero-order chi connectivity index (χ0) is 11.1. The largest absolute Gasteiger partial charge is 0.495 e. The number of hydrogen-bond acceptors (Lipinski definition) is 2. The topological polar surface area (TPSA) is 37.0 Å². The lowest BCUT2D eigenvalue weighted by Crippen LogP contribution is -2.26. The molecule has 0 aliphatic carbocycles. The summed E-state index contributed by atoms with van der Waals surface area (Å²) < 4.78 is 5.39. The van der Waals surface area contributed by atoms with Crippen LogP contribution in [0, 0.1) is 0 Å². The van der Waals surface area contributed by atoms with Crippen molar-refractivity contribution in [3.63, 3.8) is 0 Å². The smallest absolute Gasteiger partial charge is 0.142 e. The molecule has 0 radical (unpaired) electrons. The lowest BCUT2D eigenvalue weighted by molar-refractivity contribution is 0.419. The molecule has 1 aromatic carbocycles. The zero-order valence-corrected chi connectivity index (χ0v) is 9.63. The molecule has 1 aliphatic heterocycles. The molecule has 1 aliphatic rings. The number of fused-ring (bicyclic) bond motifs is 3. The molecule has 2 N–H and O–H groups in total. The first-order chi connectivity index (χ1) is 7.81. The summed E-state index contributed by atoms with van der Waals surface area (Å²) in [6.07, 6.45) is 0. The van der Waals surface area contributed by atoms with E-state index in [1.807, 2.05) is 6.07 Å². The van der Waals surface area contributed by atoms with Gasteiger partial charge in [-0.05, 0) is 17.5 Å². The Bertz CT molecular complexity index is 530. The number of nitrogens with one attached hydrogen (secondary N) is 2. The Hall–Kier alpha value is -1.48. The maximum absolute atomic E-state index is 5.39. The second-order valence-corrected chi connectivity index (χ2v) is 4.43. The molecule has 1 aromatic heterocycles. The molecule has 0 spiro atoms. The van der Waals surface area contributed by atoms with Gasteiger partial charge in [-0.15, -0.1) is 0 Å². The highest BCUT2D eigenvalue weighted by atomic mass is 16.5. The second-order valence-electron chi connectivity index (χ2n) is 4.43. The number of benzene rings is 1. The van der Waals surface area contributed by atoms with Gasteiger partial charge in [-0.3, -0.25) is 0 Å². The lowest BCUT2D eigenvalue weighted by Gasteiger charge is -2.20. The molecule has 1 unspecified atom stereocenters. The highest BCUT2D eigenvalue weighted by Gasteiger charge is 2.21. The molecule has 1 atom stereocenters. The predicted octanol–water partition coefficient (Wildman–Crippen LogP) is 2.38. The van der Waals surface area contributed by atoms with E-state index < -0.39 is 0 Å². The molecule has 84 valence electrons. The molecule has 0 saturated carbocycles. The molecule has 3 rings (SSSR count). The van der Waals surface area contributed by atoms with E-state index in [2.05, 4.69) is 29.4 Å². The van der Waals surface area contributed by atoms with Gasteiger partial charge in [0, 0.05) is 24.2 Å². The van der Waals surface area contributed by atoms with Crippen LogP contribution in [0.25, 0.3) is 10.9 Å². The maximum atomic E-state index is 5.39. The van der Waals surface area contributed by atoms with Crippen LogP contribution in [0.1, 0.15) is 24.1 Å². The Labute approximate surface area is 94.8 Å². The van der Waals surface area contributed by atoms with E-state index in [0.717, 1.165) is 24.4 Å². The van der Waals surface area contributed by atoms with Crippen LogP contribution in [0.15, 0.2) is 18.2 Å². The van der Waals surface area contributed by atoms with Gasteiger partial charge >= 0.3 is 0 Å². The molecule has 3 nitrogen and oxygen atoms in total. The second kappa shape index (κ2) is 3.52. The molecular weight excluding hydrogens is 200 g/mol.